The van der Waals surface area contributed by atoms with Gasteiger partial charge in [-0.05, 0) is 49.4 Å². The molecule has 1 fully saturated rings. The Morgan fingerprint density at radius 2 is 1.96 bits per heavy atom. The Hall–Kier alpha value is -3.31. The van der Waals surface area contributed by atoms with Crippen LogP contribution < -0.4 is 16.4 Å². The number of nitriles is 1. The van der Waals surface area contributed by atoms with Gasteiger partial charge in [-0.3, -0.25) is 15.3 Å². The summed E-state index contributed by atoms with van der Waals surface area (Å²) >= 11 is 12.3. The third-order valence-electron chi connectivity index (χ3n) is 7.99. The maximum Gasteiger partial charge on any atom is 0.414 e. The third-order valence-corrected chi connectivity index (χ3v) is 8.52. The predicted molar refractivity (Wildman–Crippen MR) is 175 cm³/mol. The summed E-state index contributed by atoms with van der Waals surface area (Å²) in [6.07, 6.45) is -1.09. The van der Waals surface area contributed by atoms with E-state index >= 15 is 8.78 Å². The second-order valence-electron chi connectivity index (χ2n) is 13.5. The van der Waals surface area contributed by atoms with Crippen LogP contribution in [0.5, 0.6) is 0 Å². The van der Waals surface area contributed by atoms with Crippen LogP contribution in [0.15, 0.2) is 48.7 Å². The van der Waals surface area contributed by atoms with Crippen LogP contribution in [-0.2, 0) is 21.4 Å². The highest BCUT2D eigenvalue weighted by molar-refractivity contribution is 6.31. The molecule has 0 bridgehead atoms. The highest BCUT2D eigenvalue weighted by Gasteiger charge is 2.61. The molecule has 3 aromatic rings. The van der Waals surface area contributed by atoms with E-state index in [1.54, 1.807) is 16.9 Å². The molecule has 1 aliphatic rings. The molecule has 1 amide bonds. The molecule has 10 nitrogen and oxygen atoms in total. The molecule has 5 N–H and O–H groups in total. The fourth-order valence-corrected chi connectivity index (χ4v) is 6.30. The number of ether oxygens (including phenoxy) is 2. The Morgan fingerprint density at radius 1 is 1.23 bits per heavy atom. The molecule has 1 saturated heterocycles. The summed E-state index contributed by atoms with van der Waals surface area (Å²) in [5.74, 6) is -2.66. The van der Waals surface area contributed by atoms with Gasteiger partial charge in [0.1, 0.15) is 17.0 Å². The van der Waals surface area contributed by atoms with Gasteiger partial charge in [0.05, 0.1) is 41.9 Å². The van der Waals surface area contributed by atoms with Gasteiger partial charge in [0.25, 0.3) is 0 Å². The van der Waals surface area contributed by atoms with Crippen LogP contribution in [-0.4, -0.2) is 58.1 Å². The van der Waals surface area contributed by atoms with E-state index in [1.165, 1.54) is 30.3 Å². The minimum atomic E-state index is -1.76. The fraction of sp³-hybridized carbons (Fsp3) is 0.485. The van der Waals surface area contributed by atoms with Crippen molar-refractivity contribution in [1.82, 2.24) is 15.1 Å². The van der Waals surface area contributed by atoms with E-state index in [0.717, 1.165) is 6.07 Å². The third kappa shape index (κ3) is 8.41. The molecule has 14 heteroatoms. The molecule has 0 aliphatic carbocycles. The van der Waals surface area contributed by atoms with E-state index in [-0.39, 0.29) is 52.1 Å². The molecule has 2 aromatic carbocycles. The lowest BCUT2D eigenvalue weighted by atomic mass is 9.63. The number of hydrogen-bond acceptors (Lipinski definition) is 8. The number of carbonyl (C=O) groups excluding carboxylic acids is 1. The highest BCUT2D eigenvalue weighted by Crippen LogP contribution is 2.53. The summed E-state index contributed by atoms with van der Waals surface area (Å²) in [6.45, 7) is 9.89. The first-order valence-electron chi connectivity index (χ1n) is 15.1. The molecule has 2 heterocycles. The minimum absolute atomic E-state index is 0.0235. The van der Waals surface area contributed by atoms with Gasteiger partial charge in [-0.2, -0.15) is 10.4 Å². The standard InChI is InChI=1S/C33H40Cl2F2N6O4/c1-31(2,3)14-25-33(17-39,22-10-9-19(34)13-24(22)36)27(21-7-6-8-23(35)28(21)37)29(40-25)47-30(45)41-26-11-12-43(42-26)18-32(4,5)46-16-20(44)15-38/h6-13,20,25,27,29,40,44H,14-16,18,38H2,1-5H3,(H,41,42,45)/t20-,25-,27-,29+,33-/m0/s1. The van der Waals surface area contributed by atoms with Gasteiger partial charge in [0, 0.05) is 35.4 Å². The lowest BCUT2D eigenvalue weighted by Gasteiger charge is -2.37. The summed E-state index contributed by atoms with van der Waals surface area (Å²) < 4.78 is 44.7. The summed E-state index contributed by atoms with van der Waals surface area (Å²) in [6, 6.07) is 11.3. The second-order valence-corrected chi connectivity index (χ2v) is 14.4. The van der Waals surface area contributed by atoms with E-state index in [0.29, 0.717) is 6.42 Å². The number of benzene rings is 2. The highest BCUT2D eigenvalue weighted by atomic mass is 35.5. The van der Waals surface area contributed by atoms with Gasteiger partial charge in [-0.1, -0.05) is 62.2 Å². The summed E-state index contributed by atoms with van der Waals surface area (Å²) in [5, 5.41) is 30.7. The number of aliphatic hydroxyl groups excluding tert-OH is 1. The van der Waals surface area contributed by atoms with E-state index in [4.69, 9.17) is 38.4 Å². The van der Waals surface area contributed by atoms with E-state index < -0.39 is 53.0 Å². The molecule has 254 valence electrons. The molecular formula is C33H40Cl2F2N6O4. The Balaban J connectivity index is 1.68. The number of anilines is 1. The number of nitrogens with two attached hydrogens (primary N) is 1. The monoisotopic (exact) mass is 692 g/mol. The van der Waals surface area contributed by atoms with Crippen molar-refractivity contribution in [2.45, 2.75) is 82.9 Å². The largest absolute Gasteiger partial charge is 0.429 e. The van der Waals surface area contributed by atoms with Crippen LogP contribution >= 0.6 is 23.2 Å². The van der Waals surface area contributed by atoms with E-state index in [2.05, 4.69) is 21.8 Å². The molecule has 5 atom stereocenters. The first-order chi connectivity index (χ1) is 22.0. The SMILES string of the molecule is CC(C)(C)C[C@@H]1N[C@H](OC(=O)Nc2ccn(CC(C)(C)OC[C@@H](O)CN)n2)[C@H](c2cccc(Cl)c2F)[C@@]1(C#N)c1ccc(Cl)cc1F. The quantitative estimate of drug-likeness (QED) is 0.188. The van der Waals surface area contributed by atoms with Gasteiger partial charge < -0.3 is 20.3 Å². The molecule has 4 rings (SSSR count). The van der Waals surface area contributed by atoms with Crippen molar-refractivity contribution >= 4 is 35.1 Å². The smallest absolute Gasteiger partial charge is 0.414 e. The van der Waals surface area contributed by atoms with Crippen LogP contribution in [0.4, 0.5) is 19.4 Å². The lowest BCUT2D eigenvalue weighted by molar-refractivity contribution is -0.0667. The number of halogens is 4. The molecule has 0 saturated carbocycles. The zero-order valence-corrected chi connectivity index (χ0v) is 28.4. The fourth-order valence-electron chi connectivity index (χ4n) is 5.96. The molecule has 0 radical (unpaired) electrons. The number of amides is 1. The van der Waals surface area contributed by atoms with Crippen LogP contribution in [0.3, 0.4) is 0 Å². The first-order valence-corrected chi connectivity index (χ1v) is 15.8. The molecule has 0 spiro atoms. The zero-order valence-electron chi connectivity index (χ0n) is 26.9. The number of nitrogens with one attached hydrogen (secondary N) is 2. The van der Waals surface area contributed by atoms with Crippen LogP contribution in [0.1, 0.15) is 58.1 Å². The van der Waals surface area contributed by atoms with Crippen molar-refractivity contribution in [3.05, 3.63) is 81.5 Å². The molecule has 1 aromatic heterocycles. The maximum absolute atomic E-state index is 15.8. The van der Waals surface area contributed by atoms with Crippen molar-refractivity contribution in [2.75, 3.05) is 18.5 Å². The second kappa shape index (κ2) is 14.4. The number of nitrogens with zero attached hydrogens (tertiary/aromatic N) is 3. The van der Waals surface area contributed by atoms with Gasteiger partial charge >= 0.3 is 6.09 Å². The van der Waals surface area contributed by atoms with Gasteiger partial charge in [-0.25, -0.2) is 13.6 Å². The first kappa shape index (κ1) is 36.5. The Kier molecular flexibility index (Phi) is 11.2. The van der Waals surface area contributed by atoms with Crippen LogP contribution in [0.25, 0.3) is 0 Å². The number of hydrogen-bond donors (Lipinski definition) is 4. The van der Waals surface area contributed by atoms with Gasteiger partial charge in [0.2, 0.25) is 0 Å². The van der Waals surface area contributed by atoms with Crippen molar-refractivity contribution in [3.8, 4) is 6.07 Å². The number of aliphatic hydroxyl groups is 1. The maximum atomic E-state index is 15.8. The Labute approximate surface area is 283 Å². The summed E-state index contributed by atoms with van der Waals surface area (Å²) in [4.78, 5) is 13.4. The summed E-state index contributed by atoms with van der Waals surface area (Å²) in [5.41, 5.74) is 2.53. The van der Waals surface area contributed by atoms with Crippen molar-refractivity contribution in [3.63, 3.8) is 0 Å². The number of aromatic nitrogens is 2. The van der Waals surface area contributed by atoms with Crippen LogP contribution in [0, 0.1) is 28.4 Å². The molecular weight excluding hydrogens is 653 g/mol. The Bertz CT molecular complexity index is 1630. The molecule has 0 unspecified atom stereocenters. The average molecular weight is 694 g/mol. The van der Waals surface area contributed by atoms with Crippen molar-refractivity contribution < 1.29 is 28.2 Å². The van der Waals surface area contributed by atoms with E-state index in [1.807, 2.05) is 34.6 Å². The minimum Gasteiger partial charge on any atom is -0.429 e. The van der Waals surface area contributed by atoms with Crippen LogP contribution in [0.2, 0.25) is 10.0 Å². The number of carbonyl (C=O) groups is 1. The van der Waals surface area contributed by atoms with E-state index in [9.17, 15) is 15.2 Å². The Morgan fingerprint density at radius 3 is 2.60 bits per heavy atom. The molecule has 47 heavy (non-hydrogen) atoms. The van der Waals surface area contributed by atoms with Crippen molar-refractivity contribution in [2.24, 2.45) is 11.1 Å². The normalized spacial score (nSPS) is 22.1. The van der Waals surface area contributed by atoms with Crippen molar-refractivity contribution in [1.29, 1.82) is 5.26 Å². The average Bonchev–Trinajstić information content (AvgIpc) is 3.53. The molecule has 1 aliphatic heterocycles. The van der Waals surface area contributed by atoms with Gasteiger partial charge in [-0.15, -0.1) is 0 Å². The topological polar surface area (TPSA) is 147 Å². The summed E-state index contributed by atoms with van der Waals surface area (Å²) in [7, 11) is 0. The predicted octanol–water partition coefficient (Wildman–Crippen LogP) is 6.11. The lowest BCUT2D eigenvalue weighted by Crippen LogP contribution is -2.44. The zero-order chi connectivity index (χ0) is 34.7. The number of rotatable bonds is 11. The van der Waals surface area contributed by atoms with Gasteiger partial charge in [0.15, 0.2) is 12.0 Å².